The van der Waals surface area contributed by atoms with Crippen LogP contribution in [0.5, 0.6) is 0 Å². The van der Waals surface area contributed by atoms with Gasteiger partial charge in [-0.15, -0.1) is 0 Å². The van der Waals surface area contributed by atoms with E-state index in [9.17, 15) is 14.4 Å². The van der Waals surface area contributed by atoms with Crippen LogP contribution in [0.4, 0.5) is 10.5 Å². The Morgan fingerprint density at radius 3 is 2.29 bits per heavy atom. The molecule has 0 aliphatic carbocycles. The van der Waals surface area contributed by atoms with Gasteiger partial charge in [-0.1, -0.05) is 6.07 Å². The molecular formula is C17H26N4O3. The van der Waals surface area contributed by atoms with Crippen LogP contribution in [0.2, 0.25) is 0 Å². The average Bonchev–Trinajstić information content (AvgIpc) is 2.46. The lowest BCUT2D eigenvalue weighted by atomic mass is 10.1. The summed E-state index contributed by atoms with van der Waals surface area (Å²) < 4.78 is 0. The van der Waals surface area contributed by atoms with E-state index in [1.807, 2.05) is 20.8 Å². The standard InChI is InChI=1S/C17H26N4O3/c1-10-12(15(23)18-6)8-7-9-13(10)20-16(24)19-11(2)14(22)21-17(3,4)5/h7-9,11H,1-6H3,(H,18,23)(H,21,22)(H2,19,20,24)/t11-/m1/s1. The fourth-order valence-corrected chi connectivity index (χ4v) is 2.05. The number of hydrogen-bond donors (Lipinski definition) is 4. The van der Waals surface area contributed by atoms with Crippen LogP contribution in [0.15, 0.2) is 18.2 Å². The highest BCUT2D eigenvalue weighted by molar-refractivity contribution is 5.99. The molecule has 24 heavy (non-hydrogen) atoms. The number of nitrogens with one attached hydrogen (secondary N) is 4. The van der Waals surface area contributed by atoms with E-state index < -0.39 is 12.1 Å². The van der Waals surface area contributed by atoms with Gasteiger partial charge in [0.1, 0.15) is 6.04 Å². The SMILES string of the molecule is CNC(=O)c1cccc(NC(=O)N[C@H](C)C(=O)NC(C)(C)C)c1C. The van der Waals surface area contributed by atoms with Crippen molar-refractivity contribution in [2.24, 2.45) is 0 Å². The molecule has 132 valence electrons. The lowest BCUT2D eigenvalue weighted by Gasteiger charge is -2.23. The van der Waals surface area contributed by atoms with E-state index in [2.05, 4.69) is 21.3 Å². The number of hydrogen-bond acceptors (Lipinski definition) is 3. The maximum atomic E-state index is 12.1. The number of carbonyl (C=O) groups is 3. The molecule has 7 heteroatoms. The van der Waals surface area contributed by atoms with Crippen molar-refractivity contribution >= 4 is 23.5 Å². The lowest BCUT2D eigenvalue weighted by molar-refractivity contribution is -0.123. The Morgan fingerprint density at radius 1 is 1.12 bits per heavy atom. The Hall–Kier alpha value is -2.57. The molecule has 0 unspecified atom stereocenters. The first-order valence-electron chi connectivity index (χ1n) is 7.76. The van der Waals surface area contributed by atoms with Gasteiger partial charge >= 0.3 is 6.03 Å². The molecule has 0 aliphatic rings. The summed E-state index contributed by atoms with van der Waals surface area (Å²) in [6.45, 7) is 8.95. The Labute approximate surface area is 142 Å². The van der Waals surface area contributed by atoms with Gasteiger partial charge in [0.15, 0.2) is 0 Å². The maximum absolute atomic E-state index is 12.1. The minimum atomic E-state index is -0.688. The van der Waals surface area contributed by atoms with Crippen LogP contribution >= 0.6 is 0 Å². The molecule has 4 amide bonds. The van der Waals surface area contributed by atoms with E-state index in [4.69, 9.17) is 0 Å². The summed E-state index contributed by atoms with van der Waals surface area (Å²) in [5, 5.41) is 10.6. The summed E-state index contributed by atoms with van der Waals surface area (Å²) >= 11 is 0. The van der Waals surface area contributed by atoms with E-state index in [0.29, 0.717) is 16.8 Å². The van der Waals surface area contributed by atoms with Crippen molar-refractivity contribution in [3.05, 3.63) is 29.3 Å². The molecule has 0 spiro atoms. The van der Waals surface area contributed by atoms with E-state index in [1.165, 1.54) is 0 Å². The van der Waals surface area contributed by atoms with Crippen molar-refractivity contribution < 1.29 is 14.4 Å². The molecule has 1 atom stereocenters. The highest BCUT2D eigenvalue weighted by Crippen LogP contribution is 2.18. The highest BCUT2D eigenvalue weighted by Gasteiger charge is 2.21. The number of amides is 4. The fourth-order valence-electron chi connectivity index (χ4n) is 2.05. The summed E-state index contributed by atoms with van der Waals surface area (Å²) in [7, 11) is 1.55. The topological polar surface area (TPSA) is 99.3 Å². The minimum Gasteiger partial charge on any atom is -0.355 e. The Bertz CT molecular complexity index is 635. The zero-order chi connectivity index (χ0) is 18.5. The van der Waals surface area contributed by atoms with Crippen molar-refractivity contribution in [1.29, 1.82) is 0 Å². The van der Waals surface area contributed by atoms with Crippen LogP contribution in [0, 0.1) is 6.92 Å². The predicted molar refractivity (Wildman–Crippen MR) is 94.1 cm³/mol. The summed E-state index contributed by atoms with van der Waals surface area (Å²) in [4.78, 5) is 35.9. The van der Waals surface area contributed by atoms with Crippen LogP contribution < -0.4 is 21.3 Å². The molecule has 0 saturated carbocycles. The number of rotatable bonds is 4. The molecule has 0 aliphatic heterocycles. The average molecular weight is 334 g/mol. The molecule has 0 radical (unpaired) electrons. The van der Waals surface area contributed by atoms with Crippen LogP contribution in [0.1, 0.15) is 43.6 Å². The van der Waals surface area contributed by atoms with E-state index in [0.717, 1.165) is 0 Å². The molecule has 1 aromatic rings. The second-order valence-corrected chi connectivity index (χ2v) is 6.62. The molecule has 0 heterocycles. The van der Waals surface area contributed by atoms with E-state index in [1.54, 1.807) is 39.1 Å². The number of urea groups is 1. The van der Waals surface area contributed by atoms with Crippen molar-refractivity contribution in [2.75, 3.05) is 12.4 Å². The first-order chi connectivity index (χ1) is 11.0. The summed E-state index contributed by atoms with van der Waals surface area (Å²) in [5.41, 5.74) is 1.27. The Balaban J connectivity index is 2.75. The van der Waals surface area contributed by atoms with Crippen LogP contribution in [-0.4, -0.2) is 36.5 Å². The van der Waals surface area contributed by atoms with Gasteiger partial charge in [-0.05, 0) is 52.3 Å². The third-order valence-corrected chi connectivity index (χ3v) is 3.29. The van der Waals surface area contributed by atoms with Gasteiger partial charge in [0.05, 0.1) is 0 Å². The number of anilines is 1. The second kappa shape index (κ2) is 7.81. The normalized spacial score (nSPS) is 12.1. The van der Waals surface area contributed by atoms with Crippen molar-refractivity contribution in [2.45, 2.75) is 46.2 Å². The smallest absolute Gasteiger partial charge is 0.319 e. The zero-order valence-electron chi connectivity index (χ0n) is 15.0. The van der Waals surface area contributed by atoms with Crippen molar-refractivity contribution in [3.63, 3.8) is 0 Å². The third kappa shape index (κ3) is 5.57. The first kappa shape index (κ1) is 19.5. The fraction of sp³-hybridized carbons (Fsp3) is 0.471. The van der Waals surface area contributed by atoms with Gasteiger partial charge in [0.25, 0.3) is 5.91 Å². The number of benzene rings is 1. The summed E-state index contributed by atoms with van der Waals surface area (Å²) in [5.74, 6) is -0.497. The molecular weight excluding hydrogens is 308 g/mol. The maximum Gasteiger partial charge on any atom is 0.319 e. The molecule has 4 N–H and O–H groups in total. The number of carbonyl (C=O) groups excluding carboxylic acids is 3. The van der Waals surface area contributed by atoms with Gasteiger partial charge in [0, 0.05) is 23.8 Å². The molecule has 0 aromatic heterocycles. The monoisotopic (exact) mass is 334 g/mol. The lowest BCUT2D eigenvalue weighted by Crippen LogP contribution is -2.51. The van der Waals surface area contributed by atoms with Crippen LogP contribution in [0.3, 0.4) is 0 Å². The second-order valence-electron chi connectivity index (χ2n) is 6.62. The van der Waals surface area contributed by atoms with Gasteiger partial charge < -0.3 is 21.3 Å². The Morgan fingerprint density at radius 2 is 1.75 bits per heavy atom. The molecule has 0 bridgehead atoms. The first-order valence-corrected chi connectivity index (χ1v) is 7.76. The zero-order valence-corrected chi connectivity index (χ0v) is 15.0. The molecule has 1 rings (SSSR count). The van der Waals surface area contributed by atoms with Crippen LogP contribution in [-0.2, 0) is 4.79 Å². The minimum absolute atomic E-state index is 0.227. The van der Waals surface area contributed by atoms with Gasteiger partial charge in [0.2, 0.25) is 5.91 Å². The van der Waals surface area contributed by atoms with Gasteiger partial charge in [-0.2, -0.15) is 0 Å². The quantitative estimate of drug-likeness (QED) is 0.675. The van der Waals surface area contributed by atoms with Crippen molar-refractivity contribution in [3.8, 4) is 0 Å². The summed E-state index contributed by atoms with van der Waals surface area (Å²) in [6.07, 6.45) is 0. The molecule has 0 saturated heterocycles. The highest BCUT2D eigenvalue weighted by atomic mass is 16.2. The molecule has 0 fully saturated rings. The third-order valence-electron chi connectivity index (χ3n) is 3.29. The van der Waals surface area contributed by atoms with E-state index >= 15 is 0 Å². The van der Waals surface area contributed by atoms with Crippen LogP contribution in [0.25, 0.3) is 0 Å². The Kier molecular flexibility index (Phi) is 6.34. The summed E-state index contributed by atoms with van der Waals surface area (Å²) in [6, 6.07) is 3.86. The van der Waals surface area contributed by atoms with Gasteiger partial charge in [-0.25, -0.2) is 4.79 Å². The molecule has 7 nitrogen and oxygen atoms in total. The largest absolute Gasteiger partial charge is 0.355 e. The van der Waals surface area contributed by atoms with Crippen molar-refractivity contribution in [1.82, 2.24) is 16.0 Å². The molecule has 1 aromatic carbocycles. The van der Waals surface area contributed by atoms with E-state index in [-0.39, 0.29) is 17.4 Å². The van der Waals surface area contributed by atoms with Gasteiger partial charge in [-0.3, -0.25) is 9.59 Å². The predicted octanol–water partition coefficient (Wildman–Crippen LogP) is 1.78.